The lowest BCUT2D eigenvalue weighted by Gasteiger charge is -2.35. The summed E-state index contributed by atoms with van der Waals surface area (Å²) in [5.74, 6) is 0.667. The number of likely N-dealkylation sites (N-methyl/N-ethyl adjacent to an activating group) is 1. The summed E-state index contributed by atoms with van der Waals surface area (Å²) in [7, 11) is 2.26. The predicted molar refractivity (Wildman–Crippen MR) is 72.3 cm³/mol. The van der Waals surface area contributed by atoms with Crippen LogP contribution in [0.25, 0.3) is 0 Å². The lowest BCUT2D eigenvalue weighted by molar-refractivity contribution is 0.0895. The molecule has 1 aliphatic carbocycles. The highest BCUT2D eigenvalue weighted by Crippen LogP contribution is 2.35. The highest BCUT2D eigenvalue weighted by atomic mass is 16.3. The Morgan fingerprint density at radius 2 is 1.89 bits per heavy atom. The number of hydrogen-bond donors (Lipinski definition) is 2. The quantitative estimate of drug-likeness (QED) is 0.754. The molecular formula is C14H27N3O. The molecule has 0 aromatic rings. The molecular weight excluding hydrogens is 226 g/mol. The summed E-state index contributed by atoms with van der Waals surface area (Å²) in [6.45, 7) is 2.43. The molecule has 4 unspecified atom stereocenters. The van der Waals surface area contributed by atoms with Crippen LogP contribution in [0, 0.1) is 5.92 Å². The van der Waals surface area contributed by atoms with Crippen LogP contribution in [0.5, 0.6) is 0 Å². The molecule has 2 bridgehead atoms. The van der Waals surface area contributed by atoms with E-state index in [1.807, 2.05) is 0 Å². The zero-order valence-electron chi connectivity index (χ0n) is 11.5. The normalized spacial score (nSPS) is 37.5. The van der Waals surface area contributed by atoms with Crippen LogP contribution in [0.3, 0.4) is 0 Å². The molecule has 4 atom stereocenters. The van der Waals surface area contributed by atoms with Gasteiger partial charge in [0.25, 0.3) is 0 Å². The van der Waals surface area contributed by atoms with Crippen LogP contribution in [0.15, 0.2) is 0 Å². The number of nitrogens with two attached hydrogens (primary N) is 1. The average molecular weight is 253 g/mol. The monoisotopic (exact) mass is 253 g/mol. The fraction of sp³-hybridized carbons (Fsp3) is 1.00. The Hall–Kier alpha value is -0.160. The highest BCUT2D eigenvalue weighted by molar-refractivity contribution is 4.97. The van der Waals surface area contributed by atoms with Crippen LogP contribution >= 0.6 is 0 Å². The van der Waals surface area contributed by atoms with Gasteiger partial charge < -0.3 is 10.8 Å². The molecule has 104 valence electrons. The second-order valence-corrected chi connectivity index (χ2v) is 6.50. The maximum atomic E-state index is 9.72. The van der Waals surface area contributed by atoms with Crippen LogP contribution < -0.4 is 5.73 Å². The molecule has 2 saturated heterocycles. The first-order chi connectivity index (χ1) is 8.70. The summed E-state index contributed by atoms with van der Waals surface area (Å²) in [4.78, 5) is 5.03. The maximum absolute atomic E-state index is 9.72. The molecule has 4 nitrogen and oxygen atoms in total. The van der Waals surface area contributed by atoms with Crippen LogP contribution in [-0.2, 0) is 0 Å². The van der Waals surface area contributed by atoms with Crippen LogP contribution in [0.2, 0.25) is 0 Å². The first-order valence-electron chi connectivity index (χ1n) is 7.53. The minimum absolute atomic E-state index is 0.178. The van der Waals surface area contributed by atoms with Crippen LogP contribution in [-0.4, -0.2) is 65.8 Å². The van der Waals surface area contributed by atoms with E-state index in [-0.39, 0.29) is 18.7 Å². The van der Waals surface area contributed by atoms with Crippen molar-refractivity contribution in [2.45, 2.75) is 56.3 Å². The van der Waals surface area contributed by atoms with E-state index in [0.29, 0.717) is 12.0 Å². The number of likely N-dealkylation sites (tertiary alicyclic amines) is 1. The fourth-order valence-electron chi connectivity index (χ4n) is 3.91. The molecule has 18 heavy (non-hydrogen) atoms. The Balaban J connectivity index is 1.67. The predicted octanol–water partition coefficient (Wildman–Crippen LogP) is 0.253. The number of rotatable bonds is 4. The molecule has 0 amide bonds. The third-order valence-corrected chi connectivity index (χ3v) is 5.45. The molecule has 0 spiro atoms. The van der Waals surface area contributed by atoms with E-state index in [1.165, 1.54) is 32.1 Å². The summed E-state index contributed by atoms with van der Waals surface area (Å²) in [6.07, 6.45) is 6.43. The van der Waals surface area contributed by atoms with Gasteiger partial charge in [-0.15, -0.1) is 0 Å². The van der Waals surface area contributed by atoms with Crippen molar-refractivity contribution in [3.05, 3.63) is 0 Å². The molecule has 3 rings (SSSR count). The Morgan fingerprint density at radius 3 is 2.56 bits per heavy atom. The van der Waals surface area contributed by atoms with Crippen molar-refractivity contribution in [2.75, 3.05) is 26.7 Å². The minimum atomic E-state index is 0.178. The van der Waals surface area contributed by atoms with Crippen LogP contribution in [0.1, 0.15) is 32.1 Å². The van der Waals surface area contributed by atoms with Gasteiger partial charge in [0.15, 0.2) is 0 Å². The number of nitrogens with zero attached hydrogens (tertiary/aromatic N) is 2. The van der Waals surface area contributed by atoms with E-state index in [4.69, 9.17) is 5.73 Å². The Labute approximate surface area is 110 Å². The van der Waals surface area contributed by atoms with Crippen molar-refractivity contribution >= 4 is 0 Å². The highest BCUT2D eigenvalue weighted by Gasteiger charge is 2.40. The fourth-order valence-corrected chi connectivity index (χ4v) is 3.91. The number of aliphatic hydroxyl groups is 1. The molecule has 3 fully saturated rings. The van der Waals surface area contributed by atoms with Gasteiger partial charge in [-0.25, -0.2) is 0 Å². The minimum Gasteiger partial charge on any atom is -0.395 e. The largest absolute Gasteiger partial charge is 0.395 e. The van der Waals surface area contributed by atoms with E-state index in [9.17, 15) is 5.11 Å². The third kappa shape index (κ3) is 2.31. The van der Waals surface area contributed by atoms with Gasteiger partial charge in [0.2, 0.25) is 0 Å². The molecule has 0 radical (unpaired) electrons. The standard InChI is InChI=1S/C14H27N3O/c1-16-11-4-5-12(16)8-17(7-6-11)13(9-18)14(15)10-2-3-10/h10-14,18H,2-9,15H2,1H3. The smallest absolute Gasteiger partial charge is 0.0602 e. The van der Waals surface area contributed by atoms with Crippen molar-refractivity contribution in [1.82, 2.24) is 9.80 Å². The zero-order chi connectivity index (χ0) is 12.7. The van der Waals surface area contributed by atoms with Crippen molar-refractivity contribution in [3.8, 4) is 0 Å². The number of hydrogen-bond acceptors (Lipinski definition) is 4. The van der Waals surface area contributed by atoms with Crippen molar-refractivity contribution < 1.29 is 5.11 Å². The van der Waals surface area contributed by atoms with E-state index < -0.39 is 0 Å². The van der Waals surface area contributed by atoms with E-state index in [2.05, 4.69) is 16.8 Å². The maximum Gasteiger partial charge on any atom is 0.0602 e. The van der Waals surface area contributed by atoms with Gasteiger partial charge in [-0.05, 0) is 45.1 Å². The molecule has 2 heterocycles. The lowest BCUT2D eigenvalue weighted by atomic mass is 10.0. The molecule has 4 heteroatoms. The van der Waals surface area contributed by atoms with Gasteiger partial charge in [-0.1, -0.05) is 0 Å². The SMILES string of the molecule is CN1C2CCC1CN(C(CO)C(N)C1CC1)CC2. The number of aliphatic hydroxyl groups excluding tert-OH is 1. The van der Waals surface area contributed by atoms with Gasteiger partial charge in [-0.2, -0.15) is 0 Å². The topological polar surface area (TPSA) is 52.7 Å². The molecule has 0 aromatic carbocycles. The Kier molecular flexibility index (Phi) is 3.63. The van der Waals surface area contributed by atoms with E-state index in [0.717, 1.165) is 19.1 Å². The van der Waals surface area contributed by atoms with Gasteiger partial charge in [0.05, 0.1) is 6.61 Å². The average Bonchev–Trinajstić information content (AvgIpc) is 3.12. The van der Waals surface area contributed by atoms with Gasteiger partial charge in [0, 0.05) is 37.3 Å². The van der Waals surface area contributed by atoms with Crippen LogP contribution in [0.4, 0.5) is 0 Å². The van der Waals surface area contributed by atoms with Crippen molar-refractivity contribution in [3.63, 3.8) is 0 Å². The number of fused-ring (bicyclic) bond motifs is 2. The first-order valence-corrected chi connectivity index (χ1v) is 7.53. The molecule has 2 aliphatic heterocycles. The lowest BCUT2D eigenvalue weighted by Crippen LogP contribution is -2.53. The molecule has 3 aliphatic rings. The summed E-state index contributed by atoms with van der Waals surface area (Å²) in [5, 5.41) is 9.72. The van der Waals surface area contributed by atoms with E-state index in [1.54, 1.807) is 0 Å². The molecule has 1 saturated carbocycles. The van der Waals surface area contributed by atoms with Gasteiger partial charge in [-0.3, -0.25) is 9.80 Å². The van der Waals surface area contributed by atoms with Gasteiger partial charge >= 0.3 is 0 Å². The summed E-state index contributed by atoms with van der Waals surface area (Å²) >= 11 is 0. The third-order valence-electron chi connectivity index (χ3n) is 5.45. The Morgan fingerprint density at radius 1 is 1.17 bits per heavy atom. The second-order valence-electron chi connectivity index (χ2n) is 6.50. The van der Waals surface area contributed by atoms with Crippen molar-refractivity contribution in [2.24, 2.45) is 11.7 Å². The molecule has 3 N–H and O–H groups in total. The van der Waals surface area contributed by atoms with Crippen molar-refractivity contribution in [1.29, 1.82) is 0 Å². The summed E-state index contributed by atoms with van der Waals surface area (Å²) in [5.41, 5.74) is 6.33. The molecule has 0 aromatic heterocycles. The van der Waals surface area contributed by atoms with Gasteiger partial charge in [0.1, 0.15) is 0 Å². The zero-order valence-corrected chi connectivity index (χ0v) is 11.5. The Bertz CT molecular complexity index is 295. The second kappa shape index (κ2) is 5.08. The summed E-state index contributed by atoms with van der Waals surface area (Å²) in [6, 6.07) is 1.80. The summed E-state index contributed by atoms with van der Waals surface area (Å²) < 4.78 is 0. The first kappa shape index (κ1) is 12.9. The van der Waals surface area contributed by atoms with E-state index >= 15 is 0 Å².